The van der Waals surface area contributed by atoms with Gasteiger partial charge in [0, 0.05) is 25.3 Å². The second-order valence-corrected chi connectivity index (χ2v) is 6.79. The summed E-state index contributed by atoms with van der Waals surface area (Å²) in [4.78, 5) is 19.3. The number of aryl methyl sites for hydroxylation is 1. The zero-order chi connectivity index (χ0) is 17.6. The normalized spacial score (nSPS) is 17.4. The number of piperidine rings is 1. The van der Waals surface area contributed by atoms with Gasteiger partial charge in [0.05, 0.1) is 17.4 Å². The van der Waals surface area contributed by atoms with Gasteiger partial charge in [-0.05, 0) is 49.8 Å². The molecule has 1 atom stereocenters. The van der Waals surface area contributed by atoms with Crippen molar-refractivity contribution in [1.29, 1.82) is 0 Å². The van der Waals surface area contributed by atoms with Crippen LogP contribution in [0.1, 0.15) is 54.1 Å². The third-order valence-corrected chi connectivity index (χ3v) is 5.12. The Morgan fingerprint density at radius 2 is 2.12 bits per heavy atom. The van der Waals surface area contributed by atoms with Crippen LogP contribution in [0.3, 0.4) is 0 Å². The van der Waals surface area contributed by atoms with E-state index >= 15 is 0 Å². The predicted molar refractivity (Wildman–Crippen MR) is 102 cm³/mol. The molecule has 25 heavy (non-hydrogen) atoms. The molecule has 1 aliphatic heterocycles. The average molecular weight is 337 g/mol. The number of carbonyl (C=O) groups excluding carboxylic acids is 1. The molecule has 2 heterocycles. The van der Waals surface area contributed by atoms with Crippen molar-refractivity contribution in [3.8, 4) is 0 Å². The molecule has 0 radical (unpaired) electrons. The summed E-state index contributed by atoms with van der Waals surface area (Å²) in [6.07, 6.45) is 8.39. The minimum absolute atomic E-state index is 0.0670. The van der Waals surface area contributed by atoms with Gasteiger partial charge in [0.2, 0.25) is 0 Å². The Labute approximate surface area is 150 Å². The smallest absolute Gasteiger partial charge is 0.253 e. The van der Waals surface area contributed by atoms with E-state index < -0.39 is 0 Å². The Morgan fingerprint density at radius 3 is 2.92 bits per heavy atom. The van der Waals surface area contributed by atoms with Crippen LogP contribution in [-0.2, 0) is 6.54 Å². The molecule has 0 spiro atoms. The van der Waals surface area contributed by atoms with Crippen molar-refractivity contribution >= 4 is 11.6 Å². The molecule has 1 unspecified atom stereocenters. The number of nitrogens with zero attached hydrogens (tertiary/aromatic N) is 2. The number of anilines is 1. The third kappa shape index (κ3) is 4.19. The number of carbonyl (C=O) groups is 1. The Balaban J connectivity index is 1.70. The van der Waals surface area contributed by atoms with Crippen LogP contribution in [0, 0.1) is 6.92 Å². The molecule has 1 saturated heterocycles. The number of hydrogen-bond acceptors (Lipinski definition) is 3. The van der Waals surface area contributed by atoms with E-state index in [9.17, 15) is 4.79 Å². The molecule has 132 valence electrons. The molecule has 2 aromatic rings. The second-order valence-electron chi connectivity index (χ2n) is 6.79. The topological polar surface area (TPSA) is 45.2 Å². The van der Waals surface area contributed by atoms with Crippen LogP contribution < -0.4 is 10.2 Å². The summed E-state index contributed by atoms with van der Waals surface area (Å²) < 4.78 is 0. The van der Waals surface area contributed by atoms with Gasteiger partial charge < -0.3 is 10.2 Å². The monoisotopic (exact) mass is 337 g/mol. The fourth-order valence-electron chi connectivity index (χ4n) is 3.56. The molecule has 1 aromatic carbocycles. The van der Waals surface area contributed by atoms with Crippen molar-refractivity contribution in [2.24, 2.45) is 0 Å². The van der Waals surface area contributed by atoms with Crippen LogP contribution in [0.25, 0.3) is 0 Å². The molecule has 1 amide bonds. The van der Waals surface area contributed by atoms with Crippen LogP contribution in [0.5, 0.6) is 0 Å². The fraction of sp³-hybridized carbons (Fsp3) is 0.429. The first-order valence-electron chi connectivity index (χ1n) is 9.23. The molecule has 0 bridgehead atoms. The van der Waals surface area contributed by atoms with Gasteiger partial charge in [-0.3, -0.25) is 9.78 Å². The Hall–Kier alpha value is -2.36. The number of pyridine rings is 1. The molecule has 4 nitrogen and oxygen atoms in total. The number of nitrogens with one attached hydrogen (secondary N) is 1. The van der Waals surface area contributed by atoms with E-state index in [-0.39, 0.29) is 5.91 Å². The quantitative estimate of drug-likeness (QED) is 0.894. The van der Waals surface area contributed by atoms with Crippen molar-refractivity contribution in [2.75, 3.05) is 11.4 Å². The lowest BCUT2D eigenvalue weighted by Crippen LogP contribution is -2.39. The maximum absolute atomic E-state index is 12.5. The highest BCUT2D eigenvalue weighted by molar-refractivity contribution is 5.94. The summed E-state index contributed by atoms with van der Waals surface area (Å²) in [6, 6.07) is 10.7. The molecule has 1 aromatic heterocycles. The van der Waals surface area contributed by atoms with Crippen molar-refractivity contribution in [3.63, 3.8) is 0 Å². The average Bonchev–Trinajstić information content (AvgIpc) is 2.67. The van der Waals surface area contributed by atoms with Gasteiger partial charge in [0.25, 0.3) is 5.91 Å². The van der Waals surface area contributed by atoms with Gasteiger partial charge >= 0.3 is 0 Å². The molecule has 1 aliphatic rings. The van der Waals surface area contributed by atoms with E-state index in [0.717, 1.165) is 24.2 Å². The van der Waals surface area contributed by atoms with Crippen molar-refractivity contribution < 1.29 is 4.79 Å². The zero-order valence-electron chi connectivity index (χ0n) is 15.2. The third-order valence-electron chi connectivity index (χ3n) is 5.12. The van der Waals surface area contributed by atoms with E-state index in [1.54, 1.807) is 6.20 Å². The Morgan fingerprint density at radius 1 is 1.28 bits per heavy atom. The first-order chi connectivity index (χ1) is 12.2. The number of amides is 1. The molecular formula is C21H27N3O. The van der Waals surface area contributed by atoms with Crippen LogP contribution in [0.15, 0.2) is 42.7 Å². The van der Waals surface area contributed by atoms with Crippen LogP contribution >= 0.6 is 0 Å². The van der Waals surface area contributed by atoms with Crippen LogP contribution in [0.4, 0.5) is 5.69 Å². The zero-order valence-corrected chi connectivity index (χ0v) is 15.2. The standard InChI is InChI=1S/C21H27N3O/c1-3-19-10-6-7-11-24(19)20-12-18(13-22-15-20)21(25)23-14-17-9-5-4-8-16(17)2/h4-5,8-9,12-13,15,19H,3,6-7,10-11,14H2,1-2H3,(H,23,25). The summed E-state index contributed by atoms with van der Waals surface area (Å²) in [5.41, 5.74) is 4.03. The van der Waals surface area contributed by atoms with E-state index in [1.165, 1.54) is 24.8 Å². The highest BCUT2D eigenvalue weighted by Gasteiger charge is 2.22. The molecule has 0 saturated carbocycles. The van der Waals surface area contributed by atoms with E-state index in [2.05, 4.69) is 35.1 Å². The van der Waals surface area contributed by atoms with Crippen molar-refractivity contribution in [2.45, 2.75) is 52.1 Å². The minimum Gasteiger partial charge on any atom is -0.367 e. The lowest BCUT2D eigenvalue weighted by Gasteiger charge is -2.37. The second kappa shape index (κ2) is 8.15. The SMILES string of the molecule is CCC1CCCCN1c1cncc(C(=O)NCc2ccccc2C)c1. The Kier molecular flexibility index (Phi) is 5.69. The lowest BCUT2D eigenvalue weighted by molar-refractivity contribution is 0.0950. The summed E-state index contributed by atoms with van der Waals surface area (Å²) >= 11 is 0. The summed E-state index contributed by atoms with van der Waals surface area (Å²) in [5, 5.41) is 3.01. The maximum atomic E-state index is 12.5. The number of rotatable bonds is 5. The molecular weight excluding hydrogens is 310 g/mol. The highest BCUT2D eigenvalue weighted by atomic mass is 16.1. The highest BCUT2D eigenvalue weighted by Crippen LogP contribution is 2.26. The van der Waals surface area contributed by atoms with E-state index in [0.29, 0.717) is 18.2 Å². The van der Waals surface area contributed by atoms with Crippen molar-refractivity contribution in [3.05, 3.63) is 59.4 Å². The van der Waals surface area contributed by atoms with E-state index in [1.807, 2.05) is 30.5 Å². The number of hydrogen-bond donors (Lipinski definition) is 1. The van der Waals surface area contributed by atoms with Gasteiger partial charge in [-0.25, -0.2) is 0 Å². The van der Waals surface area contributed by atoms with E-state index in [4.69, 9.17) is 0 Å². The van der Waals surface area contributed by atoms with Gasteiger partial charge in [0.1, 0.15) is 0 Å². The van der Waals surface area contributed by atoms with Crippen LogP contribution in [0.2, 0.25) is 0 Å². The van der Waals surface area contributed by atoms with Gasteiger partial charge in [-0.2, -0.15) is 0 Å². The summed E-state index contributed by atoms with van der Waals surface area (Å²) in [5.74, 6) is -0.0670. The molecule has 4 heteroatoms. The van der Waals surface area contributed by atoms with Gasteiger partial charge in [0.15, 0.2) is 0 Å². The maximum Gasteiger partial charge on any atom is 0.253 e. The number of benzene rings is 1. The fourth-order valence-corrected chi connectivity index (χ4v) is 3.56. The number of aromatic nitrogens is 1. The molecule has 0 aliphatic carbocycles. The first kappa shape index (κ1) is 17.5. The first-order valence-corrected chi connectivity index (χ1v) is 9.23. The van der Waals surface area contributed by atoms with Crippen LogP contribution in [-0.4, -0.2) is 23.5 Å². The summed E-state index contributed by atoms with van der Waals surface area (Å²) in [6.45, 7) is 5.88. The largest absolute Gasteiger partial charge is 0.367 e. The molecule has 1 fully saturated rings. The predicted octanol–water partition coefficient (Wildman–Crippen LogP) is 4.09. The molecule has 1 N–H and O–H groups in total. The van der Waals surface area contributed by atoms with Crippen molar-refractivity contribution in [1.82, 2.24) is 10.3 Å². The van der Waals surface area contributed by atoms with Gasteiger partial charge in [-0.15, -0.1) is 0 Å². The molecule has 3 rings (SSSR count). The Bertz CT molecular complexity index is 729. The summed E-state index contributed by atoms with van der Waals surface area (Å²) in [7, 11) is 0. The lowest BCUT2D eigenvalue weighted by atomic mass is 9.99. The van der Waals surface area contributed by atoms with Gasteiger partial charge in [-0.1, -0.05) is 31.2 Å². The minimum atomic E-state index is -0.0670.